The third kappa shape index (κ3) is 3.61. The molecule has 0 bridgehead atoms. The van der Waals surface area contributed by atoms with Crippen molar-refractivity contribution in [1.29, 1.82) is 0 Å². The van der Waals surface area contributed by atoms with Crippen molar-refractivity contribution in [1.82, 2.24) is 9.97 Å². The number of ketones is 1. The molecular weight excluding hydrogens is 338 g/mol. The van der Waals surface area contributed by atoms with Crippen LogP contribution in [0.25, 0.3) is 11.3 Å². The van der Waals surface area contributed by atoms with Crippen molar-refractivity contribution in [3.63, 3.8) is 0 Å². The molecule has 2 N–H and O–H groups in total. The summed E-state index contributed by atoms with van der Waals surface area (Å²) in [5, 5.41) is 5.08. The maximum Gasteiger partial charge on any atom is 0.273 e. The summed E-state index contributed by atoms with van der Waals surface area (Å²) in [7, 11) is 1.61. The largest absolute Gasteiger partial charge is 0.496 e. The van der Waals surface area contributed by atoms with Gasteiger partial charge in [0.2, 0.25) is 0 Å². The predicted octanol–water partition coefficient (Wildman–Crippen LogP) is 3.91. The number of benzene rings is 1. The van der Waals surface area contributed by atoms with Crippen LogP contribution in [0.15, 0.2) is 35.8 Å². The third-order valence-electron chi connectivity index (χ3n) is 3.69. The van der Waals surface area contributed by atoms with Gasteiger partial charge in [0.05, 0.1) is 12.8 Å². The number of methoxy groups -OCH3 is 1. The van der Waals surface area contributed by atoms with E-state index in [9.17, 15) is 9.59 Å². The lowest BCUT2D eigenvalue weighted by atomic mass is 10.1. The van der Waals surface area contributed by atoms with Crippen molar-refractivity contribution in [2.45, 2.75) is 13.8 Å². The molecule has 0 saturated carbocycles. The molecule has 0 fully saturated rings. The molecule has 0 atom stereocenters. The molecule has 0 aliphatic heterocycles. The summed E-state index contributed by atoms with van der Waals surface area (Å²) in [6, 6.07) is 7.37. The average molecular weight is 355 g/mol. The van der Waals surface area contributed by atoms with Crippen LogP contribution in [0.2, 0.25) is 0 Å². The second kappa shape index (κ2) is 6.90. The van der Waals surface area contributed by atoms with Crippen LogP contribution in [-0.2, 0) is 0 Å². The number of rotatable bonds is 5. The molecule has 6 nitrogen and oxygen atoms in total. The number of aromatic nitrogens is 2. The molecule has 1 amide bonds. The van der Waals surface area contributed by atoms with Gasteiger partial charge in [-0.3, -0.25) is 14.9 Å². The molecule has 3 rings (SSSR count). The number of carbonyl (C=O) groups excluding carboxylic acids is 2. The van der Waals surface area contributed by atoms with Gasteiger partial charge in [-0.1, -0.05) is 11.6 Å². The van der Waals surface area contributed by atoms with Crippen molar-refractivity contribution in [3.8, 4) is 17.0 Å². The number of hydrogen-bond donors (Lipinski definition) is 2. The van der Waals surface area contributed by atoms with E-state index in [1.54, 1.807) is 7.11 Å². The van der Waals surface area contributed by atoms with Crippen molar-refractivity contribution < 1.29 is 14.3 Å². The van der Waals surface area contributed by atoms with E-state index in [1.165, 1.54) is 30.5 Å². The van der Waals surface area contributed by atoms with Gasteiger partial charge in [-0.2, -0.15) is 0 Å². The van der Waals surface area contributed by atoms with E-state index in [0.29, 0.717) is 16.4 Å². The zero-order chi connectivity index (χ0) is 18.0. The molecule has 0 unspecified atom stereocenters. The molecule has 2 heterocycles. The molecule has 0 saturated heterocycles. The van der Waals surface area contributed by atoms with E-state index in [4.69, 9.17) is 4.74 Å². The van der Waals surface area contributed by atoms with Gasteiger partial charge in [0.15, 0.2) is 10.9 Å². The second-order valence-electron chi connectivity index (χ2n) is 5.55. The zero-order valence-corrected chi connectivity index (χ0v) is 14.9. The van der Waals surface area contributed by atoms with Crippen molar-refractivity contribution in [2.75, 3.05) is 12.4 Å². The Morgan fingerprint density at radius 2 is 2.08 bits per heavy atom. The highest BCUT2D eigenvalue weighted by molar-refractivity contribution is 7.14. The molecule has 1 aromatic carbocycles. The van der Waals surface area contributed by atoms with Gasteiger partial charge in [0.25, 0.3) is 5.91 Å². The number of carbonyl (C=O) groups is 2. The topological polar surface area (TPSA) is 84.1 Å². The Labute approximate surface area is 148 Å². The SMILES string of the molecule is COc1ccc(C)cc1-c1csc(NC(=O)c2cc(C(C)=O)c[nH]2)n1. The summed E-state index contributed by atoms with van der Waals surface area (Å²) in [5.74, 6) is 0.284. The smallest absolute Gasteiger partial charge is 0.273 e. The van der Waals surface area contributed by atoms with E-state index >= 15 is 0 Å². The molecule has 0 aliphatic carbocycles. The van der Waals surface area contributed by atoms with Gasteiger partial charge in [-0.05, 0) is 32.0 Å². The standard InChI is InChI=1S/C18H17N3O3S/c1-10-4-5-16(24-3)13(6-10)15-9-25-18(20-15)21-17(23)14-7-12(8-19-14)11(2)22/h4-9,19H,1-3H3,(H,20,21,23). The highest BCUT2D eigenvalue weighted by Crippen LogP contribution is 2.33. The van der Waals surface area contributed by atoms with E-state index < -0.39 is 0 Å². The monoisotopic (exact) mass is 355 g/mol. The number of aromatic amines is 1. The molecule has 2 aromatic heterocycles. The summed E-state index contributed by atoms with van der Waals surface area (Å²) in [4.78, 5) is 30.8. The fourth-order valence-electron chi connectivity index (χ4n) is 2.37. The number of anilines is 1. The molecule has 25 heavy (non-hydrogen) atoms. The lowest BCUT2D eigenvalue weighted by Gasteiger charge is -2.07. The first-order valence-corrected chi connectivity index (χ1v) is 8.47. The number of ether oxygens (including phenoxy) is 1. The molecule has 7 heteroatoms. The van der Waals surface area contributed by atoms with Gasteiger partial charge in [0, 0.05) is 22.7 Å². The Bertz CT molecular complexity index is 943. The van der Waals surface area contributed by atoms with Crippen LogP contribution in [0.3, 0.4) is 0 Å². The highest BCUT2D eigenvalue weighted by atomic mass is 32.1. The Kier molecular flexibility index (Phi) is 4.67. The minimum absolute atomic E-state index is 0.0987. The fraction of sp³-hybridized carbons (Fsp3) is 0.167. The second-order valence-corrected chi connectivity index (χ2v) is 6.41. The first kappa shape index (κ1) is 16.9. The Morgan fingerprint density at radius 3 is 2.76 bits per heavy atom. The van der Waals surface area contributed by atoms with Crippen LogP contribution in [-0.4, -0.2) is 28.8 Å². The molecular formula is C18H17N3O3S. The van der Waals surface area contributed by atoms with Gasteiger partial charge >= 0.3 is 0 Å². The predicted molar refractivity (Wildman–Crippen MR) is 97.6 cm³/mol. The molecule has 0 spiro atoms. The molecule has 128 valence electrons. The van der Waals surface area contributed by atoms with Crippen LogP contribution in [0.4, 0.5) is 5.13 Å². The number of thiazole rings is 1. The average Bonchev–Trinajstić information content (AvgIpc) is 3.24. The van der Waals surface area contributed by atoms with E-state index in [-0.39, 0.29) is 11.7 Å². The fourth-order valence-corrected chi connectivity index (χ4v) is 3.08. The van der Waals surface area contributed by atoms with Crippen LogP contribution in [0.5, 0.6) is 5.75 Å². The summed E-state index contributed by atoms with van der Waals surface area (Å²) >= 11 is 1.33. The molecule has 0 aliphatic rings. The number of H-pyrrole nitrogens is 1. The number of aryl methyl sites for hydroxylation is 1. The maximum absolute atomic E-state index is 12.3. The number of Topliss-reactive ketones (excluding diaryl/α,β-unsaturated/α-hetero) is 1. The minimum atomic E-state index is -0.343. The lowest BCUT2D eigenvalue weighted by Crippen LogP contribution is -2.12. The number of hydrogen-bond acceptors (Lipinski definition) is 5. The van der Waals surface area contributed by atoms with Gasteiger partial charge in [-0.15, -0.1) is 11.3 Å². The number of nitrogens with zero attached hydrogens (tertiary/aromatic N) is 1. The normalized spacial score (nSPS) is 10.5. The van der Waals surface area contributed by atoms with E-state index in [2.05, 4.69) is 15.3 Å². The van der Waals surface area contributed by atoms with Crippen LogP contribution < -0.4 is 10.1 Å². The van der Waals surface area contributed by atoms with E-state index in [0.717, 1.165) is 22.6 Å². The van der Waals surface area contributed by atoms with Crippen LogP contribution >= 0.6 is 11.3 Å². The quantitative estimate of drug-likeness (QED) is 0.680. The minimum Gasteiger partial charge on any atom is -0.496 e. The first-order valence-electron chi connectivity index (χ1n) is 7.59. The summed E-state index contributed by atoms with van der Waals surface area (Å²) in [6.07, 6.45) is 1.52. The number of amides is 1. The Balaban J connectivity index is 1.81. The van der Waals surface area contributed by atoms with Crippen molar-refractivity contribution >= 4 is 28.2 Å². The van der Waals surface area contributed by atoms with Crippen LogP contribution in [0.1, 0.15) is 33.3 Å². The summed E-state index contributed by atoms with van der Waals surface area (Å²) < 4.78 is 5.38. The summed E-state index contributed by atoms with van der Waals surface area (Å²) in [6.45, 7) is 3.45. The first-order chi connectivity index (χ1) is 12.0. The van der Waals surface area contributed by atoms with Crippen molar-refractivity contribution in [3.05, 3.63) is 52.7 Å². The van der Waals surface area contributed by atoms with E-state index in [1.807, 2.05) is 30.5 Å². The highest BCUT2D eigenvalue weighted by Gasteiger charge is 2.14. The van der Waals surface area contributed by atoms with Gasteiger partial charge in [0.1, 0.15) is 11.4 Å². The van der Waals surface area contributed by atoms with Crippen LogP contribution in [0, 0.1) is 6.92 Å². The third-order valence-corrected chi connectivity index (χ3v) is 4.45. The summed E-state index contributed by atoms with van der Waals surface area (Å²) in [5.41, 5.74) is 3.48. The van der Waals surface area contributed by atoms with Crippen molar-refractivity contribution in [2.24, 2.45) is 0 Å². The molecule has 0 radical (unpaired) electrons. The van der Waals surface area contributed by atoms with Gasteiger partial charge in [-0.25, -0.2) is 4.98 Å². The van der Waals surface area contributed by atoms with Gasteiger partial charge < -0.3 is 9.72 Å². The maximum atomic E-state index is 12.3. The zero-order valence-electron chi connectivity index (χ0n) is 14.0. The Morgan fingerprint density at radius 1 is 1.28 bits per heavy atom. The number of nitrogens with one attached hydrogen (secondary N) is 2. The molecule has 3 aromatic rings. The lowest BCUT2D eigenvalue weighted by molar-refractivity contribution is 0.101. The Hall–Kier alpha value is -2.93.